The number of nitrogens with zero attached hydrogens (tertiary/aromatic N) is 5. The number of nitrogens with two attached hydrogens (primary N) is 1. The maximum Gasteiger partial charge on any atom is 0.244 e. The van der Waals surface area contributed by atoms with Crippen molar-refractivity contribution in [1.29, 1.82) is 5.26 Å². The molecule has 1 fully saturated rings. The Morgan fingerprint density at radius 3 is 2.87 bits per heavy atom. The number of hydrogen-bond acceptors (Lipinski definition) is 9. The highest BCUT2D eigenvalue weighted by molar-refractivity contribution is 5.77. The number of anilines is 1. The summed E-state index contributed by atoms with van der Waals surface area (Å²) in [6.07, 6.45) is 4.11. The van der Waals surface area contributed by atoms with E-state index in [2.05, 4.69) is 20.9 Å². The number of hydrogen-bond donors (Lipinski definition) is 4. The Morgan fingerprint density at radius 2 is 2.26 bits per heavy atom. The number of aromatic nitrogens is 4. The number of aliphatic hydroxyl groups is 2. The second-order valence-electron chi connectivity index (χ2n) is 5.03. The van der Waals surface area contributed by atoms with Gasteiger partial charge in [-0.2, -0.15) is 15.2 Å². The molecular weight excluding hydrogens is 304 g/mol. The van der Waals surface area contributed by atoms with E-state index in [-0.39, 0.29) is 17.1 Å². The molecule has 10 nitrogen and oxygen atoms in total. The molecule has 3 rings (SSSR count). The van der Waals surface area contributed by atoms with Crippen LogP contribution in [0, 0.1) is 29.6 Å². The Balaban J connectivity index is 2.16. The molecule has 10 heteroatoms. The van der Waals surface area contributed by atoms with Gasteiger partial charge in [0.05, 0.1) is 19.0 Å². The minimum atomic E-state index is -1.72. The predicted molar refractivity (Wildman–Crippen MR) is 75.3 cm³/mol. The van der Waals surface area contributed by atoms with E-state index in [1.54, 1.807) is 0 Å². The van der Waals surface area contributed by atoms with Gasteiger partial charge in [0.1, 0.15) is 12.0 Å². The SMILES string of the molecule is C#C[C@]1(CO)O[C@@H](n2cnc3c(O)nc(N)nc32)[C@@H](C#N)[C@@H]1O. The fraction of sp³-hybridized carbons (Fsp3) is 0.385. The molecule has 4 atom stereocenters. The normalized spacial score (nSPS) is 30.2. The number of aromatic hydroxyl groups is 1. The first-order valence-electron chi connectivity index (χ1n) is 6.50. The molecule has 0 bridgehead atoms. The lowest BCUT2D eigenvalue weighted by Gasteiger charge is -2.23. The summed E-state index contributed by atoms with van der Waals surface area (Å²) >= 11 is 0. The molecule has 2 aromatic rings. The zero-order valence-corrected chi connectivity index (χ0v) is 11.7. The van der Waals surface area contributed by atoms with Gasteiger partial charge in [-0.25, -0.2) is 4.98 Å². The molecule has 2 aromatic heterocycles. The van der Waals surface area contributed by atoms with Crippen LogP contribution in [0.4, 0.5) is 5.95 Å². The van der Waals surface area contributed by atoms with Gasteiger partial charge in [0.2, 0.25) is 11.8 Å². The van der Waals surface area contributed by atoms with Crippen LogP contribution in [0.25, 0.3) is 11.2 Å². The maximum absolute atomic E-state index is 10.3. The topological polar surface area (TPSA) is 163 Å². The molecule has 1 aliphatic rings. The summed E-state index contributed by atoms with van der Waals surface area (Å²) in [4.78, 5) is 11.5. The summed E-state index contributed by atoms with van der Waals surface area (Å²) in [6.45, 7) is -0.672. The van der Waals surface area contributed by atoms with Gasteiger partial charge in [0.15, 0.2) is 23.0 Å². The third kappa shape index (κ3) is 1.98. The molecule has 5 N–H and O–H groups in total. The number of ether oxygens (including phenoxy) is 1. The van der Waals surface area contributed by atoms with E-state index in [0.29, 0.717) is 0 Å². The molecule has 0 aromatic carbocycles. The number of rotatable bonds is 2. The zero-order valence-electron chi connectivity index (χ0n) is 11.7. The summed E-state index contributed by atoms with van der Waals surface area (Å²) in [5.74, 6) is 0.474. The van der Waals surface area contributed by atoms with Gasteiger partial charge in [0, 0.05) is 0 Å². The molecule has 0 aliphatic carbocycles. The summed E-state index contributed by atoms with van der Waals surface area (Å²) < 4.78 is 6.88. The minimum Gasteiger partial charge on any atom is -0.492 e. The Morgan fingerprint density at radius 1 is 1.52 bits per heavy atom. The van der Waals surface area contributed by atoms with Gasteiger partial charge in [0.25, 0.3) is 0 Å². The molecule has 0 unspecified atom stereocenters. The number of nitriles is 1. The summed E-state index contributed by atoms with van der Waals surface area (Å²) in [6, 6.07) is 1.90. The van der Waals surface area contributed by atoms with Crippen LogP contribution >= 0.6 is 0 Å². The lowest BCUT2D eigenvalue weighted by molar-refractivity contribution is -0.0894. The summed E-state index contributed by atoms with van der Waals surface area (Å²) in [5.41, 5.74) is 3.94. The number of terminal acetylenes is 1. The van der Waals surface area contributed by atoms with E-state index in [9.17, 15) is 20.6 Å². The first-order chi connectivity index (χ1) is 11.0. The van der Waals surface area contributed by atoms with Gasteiger partial charge in [-0.05, 0) is 0 Å². The first kappa shape index (κ1) is 15.0. The van der Waals surface area contributed by atoms with Crippen molar-refractivity contribution in [2.24, 2.45) is 5.92 Å². The lowest BCUT2D eigenvalue weighted by Crippen LogP contribution is -2.43. The van der Waals surface area contributed by atoms with Crippen molar-refractivity contribution in [3.63, 3.8) is 0 Å². The van der Waals surface area contributed by atoms with Crippen LogP contribution < -0.4 is 5.73 Å². The van der Waals surface area contributed by atoms with Crippen molar-refractivity contribution in [1.82, 2.24) is 19.5 Å². The Labute approximate surface area is 129 Å². The van der Waals surface area contributed by atoms with Crippen LogP contribution in [-0.2, 0) is 4.74 Å². The van der Waals surface area contributed by atoms with E-state index in [1.807, 2.05) is 6.07 Å². The van der Waals surface area contributed by atoms with Crippen LogP contribution in [-0.4, -0.2) is 53.2 Å². The van der Waals surface area contributed by atoms with E-state index in [1.165, 1.54) is 10.9 Å². The van der Waals surface area contributed by atoms with Gasteiger partial charge in [-0.1, -0.05) is 5.92 Å². The van der Waals surface area contributed by atoms with Crippen molar-refractivity contribution in [3.8, 4) is 24.3 Å². The van der Waals surface area contributed by atoms with Gasteiger partial charge in [-0.3, -0.25) is 4.57 Å². The monoisotopic (exact) mass is 316 g/mol. The van der Waals surface area contributed by atoms with Crippen LogP contribution in [0.15, 0.2) is 6.33 Å². The number of nitrogen functional groups attached to an aromatic ring is 1. The van der Waals surface area contributed by atoms with E-state index < -0.39 is 36.3 Å². The first-order valence-corrected chi connectivity index (χ1v) is 6.50. The second kappa shape index (κ2) is 5.07. The van der Waals surface area contributed by atoms with E-state index in [0.717, 1.165) is 0 Å². The molecule has 1 aliphatic heterocycles. The molecule has 23 heavy (non-hydrogen) atoms. The Bertz CT molecular complexity index is 852. The molecular formula is C13H12N6O4. The molecule has 0 radical (unpaired) electrons. The van der Waals surface area contributed by atoms with Crippen molar-refractivity contribution in [3.05, 3.63) is 6.33 Å². The zero-order chi connectivity index (χ0) is 16.8. The van der Waals surface area contributed by atoms with Crippen LogP contribution in [0.2, 0.25) is 0 Å². The molecule has 0 amide bonds. The van der Waals surface area contributed by atoms with Gasteiger partial charge < -0.3 is 25.8 Å². The third-order valence-electron chi connectivity index (χ3n) is 3.78. The van der Waals surface area contributed by atoms with Crippen molar-refractivity contribution < 1.29 is 20.1 Å². The smallest absolute Gasteiger partial charge is 0.244 e. The molecule has 3 heterocycles. The van der Waals surface area contributed by atoms with Gasteiger partial charge in [-0.15, -0.1) is 6.42 Å². The fourth-order valence-electron chi connectivity index (χ4n) is 2.57. The highest BCUT2D eigenvalue weighted by Gasteiger charge is 2.55. The summed E-state index contributed by atoms with van der Waals surface area (Å²) in [5, 5.41) is 38.8. The number of imidazole rings is 1. The maximum atomic E-state index is 10.3. The second-order valence-corrected chi connectivity index (χ2v) is 5.03. The van der Waals surface area contributed by atoms with E-state index >= 15 is 0 Å². The average Bonchev–Trinajstić information content (AvgIpc) is 3.06. The fourth-order valence-corrected chi connectivity index (χ4v) is 2.57. The quantitative estimate of drug-likeness (QED) is 0.483. The Hall–Kier alpha value is -2.92. The Kier molecular flexibility index (Phi) is 3.30. The number of fused-ring (bicyclic) bond motifs is 1. The predicted octanol–water partition coefficient (Wildman–Crippen LogP) is -1.49. The molecule has 118 valence electrons. The van der Waals surface area contributed by atoms with Crippen molar-refractivity contribution in [2.75, 3.05) is 12.3 Å². The summed E-state index contributed by atoms with van der Waals surface area (Å²) in [7, 11) is 0. The van der Waals surface area contributed by atoms with Crippen molar-refractivity contribution in [2.45, 2.75) is 17.9 Å². The van der Waals surface area contributed by atoms with Crippen LogP contribution in [0.1, 0.15) is 6.23 Å². The highest BCUT2D eigenvalue weighted by Crippen LogP contribution is 2.42. The molecule has 1 saturated heterocycles. The molecule has 0 spiro atoms. The van der Waals surface area contributed by atoms with Gasteiger partial charge >= 0.3 is 0 Å². The van der Waals surface area contributed by atoms with Crippen molar-refractivity contribution >= 4 is 17.1 Å². The average molecular weight is 316 g/mol. The van der Waals surface area contributed by atoms with Crippen LogP contribution in [0.3, 0.4) is 0 Å². The molecule has 0 saturated carbocycles. The standard InChI is InChI=1S/C13H12N6O4/c1-2-13(4-20)8(21)6(3-14)11(23-13)19-5-16-7-9(19)17-12(15)18-10(7)22/h1,5-6,8,11,20-21H,4H2,(H3,15,17,18,22)/t6-,8-,11+,13+/m0/s1. The minimum absolute atomic E-state index is 0.0520. The largest absolute Gasteiger partial charge is 0.492 e. The lowest BCUT2D eigenvalue weighted by atomic mass is 9.91. The highest BCUT2D eigenvalue weighted by atomic mass is 16.6. The number of aliphatic hydroxyl groups excluding tert-OH is 2. The van der Waals surface area contributed by atoms with E-state index in [4.69, 9.17) is 16.9 Å². The third-order valence-corrected chi connectivity index (χ3v) is 3.78. The van der Waals surface area contributed by atoms with Crippen LogP contribution in [0.5, 0.6) is 5.88 Å².